The van der Waals surface area contributed by atoms with Gasteiger partial charge in [-0.25, -0.2) is 4.79 Å². The third kappa shape index (κ3) is 1.41. The quantitative estimate of drug-likeness (QED) is 0.704. The lowest BCUT2D eigenvalue weighted by Gasteiger charge is -2.30. The Kier molecular flexibility index (Phi) is 2.44. The lowest BCUT2D eigenvalue weighted by molar-refractivity contribution is -0.175. The molecule has 1 aromatic heterocycles. The molecule has 7 heteroatoms. The van der Waals surface area contributed by atoms with Crippen molar-refractivity contribution < 1.29 is 14.6 Å². The molecule has 2 aliphatic heterocycles. The smallest absolute Gasteiger partial charge is 0.330 e. The zero-order chi connectivity index (χ0) is 12.9. The molecule has 18 heavy (non-hydrogen) atoms. The van der Waals surface area contributed by atoms with Crippen molar-refractivity contribution in [1.82, 2.24) is 9.55 Å². The third-order valence-corrected chi connectivity index (χ3v) is 3.73. The van der Waals surface area contributed by atoms with Gasteiger partial charge >= 0.3 is 5.69 Å². The van der Waals surface area contributed by atoms with Gasteiger partial charge in [0.05, 0.1) is 6.61 Å². The minimum Gasteiger partial charge on any atom is -0.387 e. The number of nitrogens with zero attached hydrogens (tertiary/aromatic N) is 1. The van der Waals surface area contributed by atoms with Gasteiger partial charge < -0.3 is 14.6 Å². The Morgan fingerprint density at radius 1 is 1.61 bits per heavy atom. The molecule has 1 unspecified atom stereocenters. The van der Waals surface area contributed by atoms with E-state index < -0.39 is 35.3 Å². The van der Waals surface area contributed by atoms with E-state index in [0.717, 1.165) is 0 Å². The van der Waals surface area contributed by atoms with Crippen molar-refractivity contribution in [2.24, 2.45) is 0 Å². The van der Waals surface area contributed by atoms with E-state index >= 15 is 0 Å². The average molecular weight is 254 g/mol. The first-order valence-electron chi connectivity index (χ1n) is 5.86. The fourth-order valence-electron chi connectivity index (χ4n) is 2.60. The van der Waals surface area contributed by atoms with Crippen LogP contribution in [0, 0.1) is 0 Å². The Morgan fingerprint density at radius 3 is 3.00 bits per heavy atom. The van der Waals surface area contributed by atoms with E-state index in [2.05, 4.69) is 4.98 Å². The zero-order valence-corrected chi connectivity index (χ0v) is 9.83. The van der Waals surface area contributed by atoms with Crippen LogP contribution in [0.1, 0.15) is 19.6 Å². The largest absolute Gasteiger partial charge is 0.387 e. The van der Waals surface area contributed by atoms with Gasteiger partial charge in [0.15, 0.2) is 6.23 Å². The Morgan fingerprint density at radius 2 is 2.39 bits per heavy atom. The lowest BCUT2D eigenvalue weighted by atomic mass is 9.96. The molecule has 2 N–H and O–H groups in total. The summed E-state index contributed by atoms with van der Waals surface area (Å²) in [6.45, 7) is 2.22. The Bertz CT molecular complexity index is 579. The summed E-state index contributed by atoms with van der Waals surface area (Å²) in [5, 5.41) is 10.1. The van der Waals surface area contributed by atoms with Gasteiger partial charge in [-0.1, -0.05) is 6.92 Å². The van der Waals surface area contributed by atoms with E-state index in [9.17, 15) is 14.7 Å². The summed E-state index contributed by atoms with van der Waals surface area (Å²) in [7, 11) is 0. The number of ether oxygens (including phenoxy) is 2. The molecular weight excluding hydrogens is 240 g/mol. The van der Waals surface area contributed by atoms with Gasteiger partial charge in [-0.2, -0.15) is 0 Å². The minimum absolute atomic E-state index is 0.323. The molecule has 0 aromatic carbocycles. The highest BCUT2D eigenvalue weighted by molar-refractivity contribution is 5.06. The van der Waals surface area contributed by atoms with Crippen molar-refractivity contribution in [2.75, 3.05) is 6.61 Å². The van der Waals surface area contributed by atoms with Crippen LogP contribution in [0.5, 0.6) is 0 Å². The molecule has 2 fully saturated rings. The van der Waals surface area contributed by atoms with Crippen molar-refractivity contribution in [3.8, 4) is 0 Å². The van der Waals surface area contributed by atoms with E-state index in [1.54, 1.807) is 0 Å². The van der Waals surface area contributed by atoms with Gasteiger partial charge in [0, 0.05) is 12.3 Å². The maximum Gasteiger partial charge on any atom is 0.330 e. The van der Waals surface area contributed by atoms with Gasteiger partial charge in [0.25, 0.3) is 5.56 Å². The van der Waals surface area contributed by atoms with Gasteiger partial charge in [0.2, 0.25) is 0 Å². The number of hydrogen-bond acceptors (Lipinski definition) is 5. The van der Waals surface area contributed by atoms with Crippen molar-refractivity contribution in [3.63, 3.8) is 0 Å². The number of nitrogens with one attached hydrogen (secondary N) is 1. The first-order valence-corrected chi connectivity index (χ1v) is 5.86. The highest BCUT2D eigenvalue weighted by Gasteiger charge is 2.60. The van der Waals surface area contributed by atoms with Gasteiger partial charge in [-0.3, -0.25) is 14.3 Å². The topological polar surface area (TPSA) is 93.5 Å². The second kappa shape index (κ2) is 3.78. The van der Waals surface area contributed by atoms with Gasteiger partial charge in [0.1, 0.15) is 17.8 Å². The molecule has 0 radical (unpaired) electrons. The van der Waals surface area contributed by atoms with Crippen LogP contribution in [-0.4, -0.2) is 39.1 Å². The number of H-pyrrole nitrogens is 1. The van der Waals surface area contributed by atoms with Crippen molar-refractivity contribution in [2.45, 2.75) is 37.4 Å². The first kappa shape index (κ1) is 11.6. The molecule has 3 rings (SSSR count). The maximum atomic E-state index is 11.7. The number of hydrogen-bond donors (Lipinski definition) is 2. The van der Waals surface area contributed by atoms with E-state index in [0.29, 0.717) is 13.0 Å². The summed E-state index contributed by atoms with van der Waals surface area (Å²) < 4.78 is 12.5. The number of rotatable bonds is 2. The zero-order valence-electron chi connectivity index (χ0n) is 9.83. The SMILES string of the molecule is CC[C@]12CO[C@@H](C1O)[C@H](n1ccc(=O)[nH]c1=O)O2. The van der Waals surface area contributed by atoms with Crippen LogP contribution in [-0.2, 0) is 9.47 Å². The summed E-state index contributed by atoms with van der Waals surface area (Å²) in [5.74, 6) is 0. The number of aromatic amines is 1. The molecule has 4 atom stereocenters. The highest BCUT2D eigenvalue weighted by atomic mass is 16.6. The Hall–Kier alpha value is -1.44. The van der Waals surface area contributed by atoms with Crippen molar-refractivity contribution >= 4 is 0 Å². The van der Waals surface area contributed by atoms with E-state index in [-0.39, 0.29) is 0 Å². The summed E-state index contributed by atoms with van der Waals surface area (Å²) in [6.07, 6.45) is -0.0800. The number of fused-ring (bicyclic) bond motifs is 2. The van der Waals surface area contributed by atoms with Crippen LogP contribution >= 0.6 is 0 Å². The van der Waals surface area contributed by atoms with Crippen LogP contribution in [0.4, 0.5) is 0 Å². The van der Waals surface area contributed by atoms with Crippen molar-refractivity contribution in [1.29, 1.82) is 0 Å². The van der Waals surface area contributed by atoms with Crippen LogP contribution < -0.4 is 11.2 Å². The molecular formula is C11H14N2O5. The molecule has 0 saturated carbocycles. The minimum atomic E-state index is -0.758. The predicted molar refractivity (Wildman–Crippen MR) is 60.2 cm³/mol. The van der Waals surface area contributed by atoms with E-state index in [1.807, 2.05) is 6.92 Å². The molecule has 2 saturated heterocycles. The molecule has 0 aliphatic carbocycles. The Balaban J connectivity index is 2.01. The van der Waals surface area contributed by atoms with Crippen LogP contribution in [0.2, 0.25) is 0 Å². The van der Waals surface area contributed by atoms with Gasteiger partial charge in [-0.05, 0) is 6.42 Å². The molecule has 0 amide bonds. The van der Waals surface area contributed by atoms with Crippen LogP contribution in [0.15, 0.2) is 21.9 Å². The monoisotopic (exact) mass is 254 g/mol. The second-order valence-electron chi connectivity index (χ2n) is 4.66. The molecule has 3 heterocycles. The lowest BCUT2D eigenvalue weighted by Crippen LogP contribution is -2.41. The molecule has 2 bridgehead atoms. The molecule has 2 aliphatic rings. The third-order valence-electron chi connectivity index (χ3n) is 3.73. The molecule has 7 nitrogen and oxygen atoms in total. The summed E-state index contributed by atoms with van der Waals surface area (Å²) in [6, 6.07) is 1.24. The summed E-state index contributed by atoms with van der Waals surface area (Å²) in [5.41, 5.74) is -1.78. The average Bonchev–Trinajstić information content (AvgIpc) is 2.81. The number of aliphatic hydroxyl groups excluding tert-OH is 1. The predicted octanol–water partition coefficient (Wildman–Crippen LogP) is -1.03. The van der Waals surface area contributed by atoms with Crippen molar-refractivity contribution in [3.05, 3.63) is 33.1 Å². The number of aliphatic hydroxyl groups is 1. The first-order chi connectivity index (χ1) is 8.57. The molecule has 0 spiro atoms. The van der Waals surface area contributed by atoms with Gasteiger partial charge in [-0.15, -0.1) is 0 Å². The maximum absolute atomic E-state index is 11.7. The fraction of sp³-hybridized carbons (Fsp3) is 0.636. The highest BCUT2D eigenvalue weighted by Crippen LogP contribution is 2.45. The standard InChI is InChI=1S/C11H14N2O5/c1-2-11-5-17-7(8(11)15)9(18-11)13-4-3-6(14)12-10(13)16/h3-4,7-9,15H,2,5H2,1H3,(H,12,14,16)/t7-,8?,9+,11-/m0/s1. The van der Waals surface area contributed by atoms with Crippen LogP contribution in [0.25, 0.3) is 0 Å². The second-order valence-corrected chi connectivity index (χ2v) is 4.66. The van der Waals surface area contributed by atoms with E-state index in [1.165, 1.54) is 16.8 Å². The summed E-state index contributed by atoms with van der Waals surface area (Å²) in [4.78, 5) is 24.9. The fourth-order valence-corrected chi connectivity index (χ4v) is 2.60. The molecule has 98 valence electrons. The van der Waals surface area contributed by atoms with E-state index in [4.69, 9.17) is 9.47 Å². The summed E-state index contributed by atoms with van der Waals surface area (Å²) >= 11 is 0. The van der Waals surface area contributed by atoms with Crippen LogP contribution in [0.3, 0.4) is 0 Å². The normalized spacial score (nSPS) is 38.2. The number of aromatic nitrogens is 2. The molecule has 1 aromatic rings. The Labute approximate surface area is 102 Å².